The van der Waals surface area contributed by atoms with Crippen molar-refractivity contribution in [1.29, 1.82) is 0 Å². The summed E-state index contributed by atoms with van der Waals surface area (Å²) in [6.07, 6.45) is 0.796. The smallest absolute Gasteiger partial charge is 0.242 e. The Morgan fingerprint density at radius 3 is 2.56 bits per heavy atom. The molecule has 0 bridgehead atoms. The maximum absolute atomic E-state index is 12.5. The van der Waals surface area contributed by atoms with Crippen molar-refractivity contribution in [2.24, 2.45) is 7.05 Å². The lowest BCUT2D eigenvalue weighted by Gasteiger charge is -2.16. The molecule has 0 unspecified atom stereocenters. The Morgan fingerprint density at radius 2 is 1.88 bits per heavy atom. The van der Waals surface area contributed by atoms with Gasteiger partial charge in [-0.1, -0.05) is 30.7 Å². The van der Waals surface area contributed by atoms with Crippen molar-refractivity contribution in [3.63, 3.8) is 0 Å². The summed E-state index contributed by atoms with van der Waals surface area (Å²) < 4.78 is 27.9. The molecule has 1 N–H and O–H groups in total. The van der Waals surface area contributed by atoms with Crippen molar-refractivity contribution in [3.8, 4) is 0 Å². The number of rotatable bonds is 8. The first kappa shape index (κ1) is 23.9. The van der Waals surface area contributed by atoms with Crippen LogP contribution in [0.1, 0.15) is 41.8 Å². The monoisotopic (exact) mass is 456 g/mol. The number of amides is 1. The van der Waals surface area contributed by atoms with E-state index in [1.54, 1.807) is 18.2 Å². The van der Waals surface area contributed by atoms with Crippen LogP contribution in [0.15, 0.2) is 41.3 Å². The van der Waals surface area contributed by atoms with Crippen LogP contribution >= 0.6 is 0 Å². The number of benzene rings is 2. The molecule has 0 aliphatic carbocycles. The molecule has 172 valence electrons. The van der Waals surface area contributed by atoms with Crippen LogP contribution in [0.3, 0.4) is 0 Å². The first-order valence-corrected chi connectivity index (χ1v) is 12.2. The number of aryl methyl sites for hydroxylation is 4. The molecule has 0 radical (unpaired) electrons. The van der Waals surface area contributed by atoms with E-state index in [4.69, 9.17) is 0 Å². The summed E-state index contributed by atoms with van der Waals surface area (Å²) in [5.41, 5.74) is 5.14. The number of aromatic nitrogens is 2. The first-order chi connectivity index (χ1) is 15.0. The van der Waals surface area contributed by atoms with Crippen molar-refractivity contribution in [1.82, 2.24) is 19.2 Å². The summed E-state index contributed by atoms with van der Waals surface area (Å²) in [7, 11) is 1.36. The third-order valence-corrected chi connectivity index (χ3v) is 7.68. The lowest BCUT2D eigenvalue weighted by molar-refractivity contribution is -0.121. The molecule has 0 aliphatic rings. The highest BCUT2D eigenvalue weighted by Gasteiger charge is 2.19. The summed E-state index contributed by atoms with van der Waals surface area (Å²) >= 11 is 0. The predicted octanol–water partition coefficient (Wildman–Crippen LogP) is 3.29. The van der Waals surface area contributed by atoms with Crippen LogP contribution in [0.25, 0.3) is 11.0 Å². The summed E-state index contributed by atoms with van der Waals surface area (Å²) in [6.45, 7) is 6.86. The van der Waals surface area contributed by atoms with E-state index in [0.717, 1.165) is 11.3 Å². The number of sulfonamides is 1. The Bertz CT molecular complexity index is 1250. The average Bonchev–Trinajstić information content (AvgIpc) is 3.07. The van der Waals surface area contributed by atoms with Crippen molar-refractivity contribution in [3.05, 3.63) is 58.9 Å². The second-order valence-electron chi connectivity index (χ2n) is 8.59. The van der Waals surface area contributed by atoms with Crippen LogP contribution in [0, 0.1) is 13.8 Å². The number of hydrogen-bond donors (Lipinski definition) is 1. The molecule has 32 heavy (non-hydrogen) atoms. The van der Waals surface area contributed by atoms with Gasteiger partial charge in [0.05, 0.1) is 15.9 Å². The maximum atomic E-state index is 12.5. The van der Waals surface area contributed by atoms with E-state index in [0.29, 0.717) is 24.9 Å². The van der Waals surface area contributed by atoms with E-state index < -0.39 is 10.0 Å². The minimum absolute atomic E-state index is 0.0231. The van der Waals surface area contributed by atoms with Gasteiger partial charge in [-0.25, -0.2) is 17.7 Å². The summed E-state index contributed by atoms with van der Waals surface area (Å²) in [5.74, 6) is 0.953. The Balaban J connectivity index is 1.65. The molecule has 7 nitrogen and oxygen atoms in total. The first-order valence-electron chi connectivity index (χ1n) is 10.7. The fourth-order valence-corrected chi connectivity index (χ4v) is 4.73. The molecule has 1 heterocycles. The maximum Gasteiger partial charge on any atom is 0.242 e. The van der Waals surface area contributed by atoms with Gasteiger partial charge in [0.2, 0.25) is 15.9 Å². The van der Waals surface area contributed by atoms with Gasteiger partial charge in [0, 0.05) is 40.5 Å². The second-order valence-corrected chi connectivity index (χ2v) is 10.7. The van der Waals surface area contributed by atoms with E-state index in [1.165, 1.54) is 35.1 Å². The van der Waals surface area contributed by atoms with E-state index in [2.05, 4.69) is 49.3 Å². The summed E-state index contributed by atoms with van der Waals surface area (Å²) in [6, 6.07) is 11.3. The number of nitrogens with one attached hydrogen (secondary N) is 1. The fraction of sp³-hybridized carbons (Fsp3) is 0.417. The minimum Gasteiger partial charge on any atom is -0.355 e. The number of fused-ring (bicyclic) bond motifs is 1. The average molecular weight is 457 g/mol. The predicted molar refractivity (Wildman–Crippen MR) is 127 cm³/mol. The quantitative estimate of drug-likeness (QED) is 0.564. The van der Waals surface area contributed by atoms with Gasteiger partial charge in [0.1, 0.15) is 5.82 Å². The van der Waals surface area contributed by atoms with E-state index >= 15 is 0 Å². The minimum atomic E-state index is -3.52. The topological polar surface area (TPSA) is 84.3 Å². The fourth-order valence-electron chi connectivity index (χ4n) is 3.81. The zero-order valence-corrected chi connectivity index (χ0v) is 20.5. The van der Waals surface area contributed by atoms with Gasteiger partial charge in [0.15, 0.2) is 0 Å². The second kappa shape index (κ2) is 9.42. The van der Waals surface area contributed by atoms with Crippen LogP contribution < -0.4 is 5.32 Å². The molecule has 3 aromatic rings. The highest BCUT2D eigenvalue weighted by atomic mass is 32.2. The lowest BCUT2D eigenvalue weighted by Crippen LogP contribution is -2.28. The number of carbonyl (C=O) groups is 1. The Labute approximate surface area is 190 Å². The molecule has 0 aliphatic heterocycles. The number of nitrogens with zero attached hydrogens (tertiary/aromatic N) is 3. The summed E-state index contributed by atoms with van der Waals surface area (Å²) in [5, 5.41) is 3.03. The third-order valence-electron chi connectivity index (χ3n) is 5.87. The molecule has 0 fully saturated rings. The molecule has 1 aromatic heterocycles. The zero-order valence-electron chi connectivity index (χ0n) is 19.6. The normalized spacial score (nSPS) is 13.0. The van der Waals surface area contributed by atoms with E-state index in [1.807, 2.05) is 11.6 Å². The van der Waals surface area contributed by atoms with Gasteiger partial charge in [-0.3, -0.25) is 4.79 Å². The molecule has 1 amide bonds. The Kier molecular flexibility index (Phi) is 7.05. The van der Waals surface area contributed by atoms with Crippen LogP contribution in [0.2, 0.25) is 0 Å². The van der Waals surface area contributed by atoms with Crippen molar-refractivity contribution in [2.75, 3.05) is 20.6 Å². The summed E-state index contributed by atoms with van der Waals surface area (Å²) in [4.78, 5) is 17.2. The Hall–Kier alpha value is -2.71. The van der Waals surface area contributed by atoms with Gasteiger partial charge in [-0.05, 0) is 49.1 Å². The van der Waals surface area contributed by atoms with Crippen LogP contribution in [-0.2, 0) is 28.3 Å². The van der Waals surface area contributed by atoms with Crippen LogP contribution in [0.5, 0.6) is 0 Å². The molecule has 0 saturated carbocycles. The highest BCUT2D eigenvalue weighted by Crippen LogP contribution is 2.22. The van der Waals surface area contributed by atoms with Gasteiger partial charge >= 0.3 is 0 Å². The number of carbonyl (C=O) groups excluding carboxylic acids is 1. The van der Waals surface area contributed by atoms with Crippen molar-refractivity contribution >= 4 is 27.0 Å². The van der Waals surface area contributed by atoms with Crippen LogP contribution in [0.4, 0.5) is 0 Å². The largest absolute Gasteiger partial charge is 0.355 e. The van der Waals surface area contributed by atoms with Crippen molar-refractivity contribution in [2.45, 2.75) is 44.4 Å². The highest BCUT2D eigenvalue weighted by molar-refractivity contribution is 7.89. The molecule has 0 saturated heterocycles. The molecule has 8 heteroatoms. The molecule has 3 rings (SSSR count). The lowest BCUT2D eigenvalue weighted by atomic mass is 9.94. The Morgan fingerprint density at radius 1 is 1.16 bits per heavy atom. The molecule has 0 spiro atoms. The molecule has 2 aromatic carbocycles. The molecular weight excluding hydrogens is 424 g/mol. The third kappa shape index (κ3) is 5.02. The van der Waals surface area contributed by atoms with Gasteiger partial charge in [-0.15, -0.1) is 0 Å². The number of hydrogen-bond acceptors (Lipinski definition) is 4. The SMILES string of the molecule is Cc1ccc(C)c([C@H](C)CNC(=O)CCc2nc3cc(S(=O)(=O)N(C)C)ccc3n2C)c1. The zero-order chi connectivity index (χ0) is 23.6. The van der Waals surface area contributed by atoms with Gasteiger partial charge in [0.25, 0.3) is 0 Å². The van der Waals surface area contributed by atoms with E-state index in [9.17, 15) is 13.2 Å². The molecule has 1 atom stereocenters. The molecular formula is C24H32N4O3S. The van der Waals surface area contributed by atoms with Crippen LogP contribution in [-0.4, -0.2) is 48.8 Å². The van der Waals surface area contributed by atoms with Gasteiger partial charge in [-0.2, -0.15) is 0 Å². The van der Waals surface area contributed by atoms with Crippen molar-refractivity contribution < 1.29 is 13.2 Å². The number of imidazole rings is 1. The standard InChI is InChI=1S/C24H32N4O3S/c1-16-7-8-17(2)20(13-16)18(3)15-25-24(29)12-11-23-26-21-14-19(32(30,31)27(4)5)9-10-22(21)28(23)6/h7-10,13-14,18H,11-12,15H2,1-6H3,(H,25,29)/t18-/m1/s1. The van der Waals surface area contributed by atoms with Gasteiger partial charge < -0.3 is 9.88 Å². The van der Waals surface area contributed by atoms with E-state index in [-0.39, 0.29) is 16.7 Å².